The van der Waals surface area contributed by atoms with E-state index in [4.69, 9.17) is 4.74 Å². The van der Waals surface area contributed by atoms with Gasteiger partial charge in [-0.05, 0) is 49.4 Å². The highest BCUT2D eigenvalue weighted by Crippen LogP contribution is 2.29. The third kappa shape index (κ3) is 7.63. The zero-order valence-electron chi connectivity index (χ0n) is 21.3. The maximum absolute atomic E-state index is 13.2. The highest BCUT2D eigenvalue weighted by Gasteiger charge is 2.32. The maximum atomic E-state index is 13.2. The van der Waals surface area contributed by atoms with Crippen LogP contribution in [-0.2, 0) is 21.2 Å². The predicted octanol–water partition coefficient (Wildman–Crippen LogP) is 2.51. The molecule has 0 spiro atoms. The van der Waals surface area contributed by atoms with Gasteiger partial charge in [0, 0.05) is 36.4 Å². The van der Waals surface area contributed by atoms with Crippen LogP contribution in [0.3, 0.4) is 0 Å². The van der Waals surface area contributed by atoms with E-state index in [0.717, 1.165) is 6.26 Å². The predicted molar refractivity (Wildman–Crippen MR) is 139 cm³/mol. The number of amides is 3. The Morgan fingerprint density at radius 1 is 1.22 bits per heavy atom. The Labute approximate surface area is 216 Å². The third-order valence-corrected chi connectivity index (χ3v) is 7.56. The van der Waals surface area contributed by atoms with Gasteiger partial charge in [0.25, 0.3) is 0 Å². The number of fused-ring (bicyclic) bond motifs is 1. The van der Waals surface area contributed by atoms with Crippen LogP contribution in [0.5, 0.6) is 5.75 Å². The van der Waals surface area contributed by atoms with Crippen molar-refractivity contribution >= 4 is 33.3 Å². The molecule has 3 amide bonds. The molecule has 0 saturated heterocycles. The summed E-state index contributed by atoms with van der Waals surface area (Å²) in [5.41, 5.74) is 1.30. The molecule has 0 saturated carbocycles. The van der Waals surface area contributed by atoms with Crippen LogP contribution < -0.4 is 15.4 Å². The summed E-state index contributed by atoms with van der Waals surface area (Å²) in [6.45, 7) is 3.70. The number of aliphatic hydroxyl groups is 1. The summed E-state index contributed by atoms with van der Waals surface area (Å²) in [5, 5.41) is 15.0. The van der Waals surface area contributed by atoms with Gasteiger partial charge in [0.15, 0.2) is 0 Å². The van der Waals surface area contributed by atoms with E-state index in [9.17, 15) is 27.5 Å². The van der Waals surface area contributed by atoms with E-state index in [0.29, 0.717) is 22.7 Å². The molecule has 1 aliphatic heterocycles. The maximum Gasteiger partial charge on any atom is 0.323 e. The molecule has 0 unspecified atom stereocenters. The van der Waals surface area contributed by atoms with E-state index in [1.54, 1.807) is 30.0 Å². The Hall–Kier alpha value is -3.22. The number of likely N-dealkylation sites (N-methyl/N-ethyl adjacent to an activating group) is 1. The molecule has 2 aromatic rings. The topological polar surface area (TPSA) is 128 Å². The van der Waals surface area contributed by atoms with Crippen LogP contribution in [0.2, 0.25) is 0 Å². The summed E-state index contributed by atoms with van der Waals surface area (Å²) in [5.74, 6) is -0.515. The molecule has 0 aliphatic carbocycles. The van der Waals surface area contributed by atoms with Crippen molar-refractivity contribution in [3.05, 3.63) is 53.8 Å². The number of nitrogens with one attached hydrogen (secondary N) is 2. The molecule has 2 aromatic carbocycles. The molecular formula is C25H33FN4O6S. The first-order chi connectivity index (χ1) is 17.4. The number of hydrogen-bond acceptors (Lipinski definition) is 6. The van der Waals surface area contributed by atoms with Crippen molar-refractivity contribution in [2.75, 3.05) is 43.6 Å². The number of anilines is 2. The van der Waals surface area contributed by atoms with Crippen molar-refractivity contribution in [3.63, 3.8) is 0 Å². The third-order valence-electron chi connectivity index (χ3n) is 6.28. The first-order valence-corrected chi connectivity index (χ1v) is 13.7. The highest BCUT2D eigenvalue weighted by molar-refractivity contribution is 7.88. The van der Waals surface area contributed by atoms with Gasteiger partial charge in [0.05, 0.1) is 31.9 Å². The van der Waals surface area contributed by atoms with Crippen molar-refractivity contribution in [3.8, 4) is 5.75 Å². The summed E-state index contributed by atoms with van der Waals surface area (Å²) < 4.78 is 44.7. The largest absolute Gasteiger partial charge is 0.488 e. The fourth-order valence-corrected chi connectivity index (χ4v) is 4.36. The first kappa shape index (κ1) is 28.4. The lowest BCUT2D eigenvalue weighted by molar-refractivity contribution is -0.134. The molecule has 1 aliphatic rings. The molecule has 37 heavy (non-hydrogen) atoms. The minimum atomic E-state index is -3.47. The molecule has 0 bridgehead atoms. The normalized spacial score (nSPS) is 19.2. The Balaban J connectivity index is 1.89. The van der Waals surface area contributed by atoms with Gasteiger partial charge in [0.2, 0.25) is 15.9 Å². The summed E-state index contributed by atoms with van der Waals surface area (Å²) in [6.07, 6.45) is 0.480. The Morgan fingerprint density at radius 3 is 2.46 bits per heavy atom. The average Bonchev–Trinajstić information content (AvgIpc) is 2.87. The summed E-state index contributed by atoms with van der Waals surface area (Å²) in [6, 6.07) is 9.16. The molecule has 10 nitrogen and oxygen atoms in total. The lowest BCUT2D eigenvalue weighted by Gasteiger charge is -2.33. The molecule has 0 radical (unpaired) electrons. The van der Waals surface area contributed by atoms with E-state index < -0.39 is 34.0 Å². The molecule has 1 heterocycles. The van der Waals surface area contributed by atoms with Gasteiger partial charge in [-0.1, -0.05) is 6.92 Å². The van der Waals surface area contributed by atoms with E-state index in [1.165, 1.54) is 35.6 Å². The number of carbonyl (C=O) groups is 2. The summed E-state index contributed by atoms with van der Waals surface area (Å²) >= 11 is 0. The number of halogens is 1. The molecule has 202 valence electrons. The minimum Gasteiger partial charge on any atom is -0.488 e. The molecule has 12 heteroatoms. The molecule has 3 rings (SSSR count). The number of nitrogens with zero attached hydrogens (tertiary/aromatic N) is 2. The number of rotatable bonds is 7. The fraction of sp³-hybridized carbons (Fsp3) is 0.440. The number of sulfonamides is 1. The van der Waals surface area contributed by atoms with Crippen LogP contribution >= 0.6 is 0 Å². The number of urea groups is 1. The molecule has 0 aromatic heterocycles. The number of benzene rings is 2. The van der Waals surface area contributed by atoms with Gasteiger partial charge in [0.1, 0.15) is 17.7 Å². The number of ether oxygens (including phenoxy) is 1. The molecule has 3 atom stereocenters. The van der Waals surface area contributed by atoms with Crippen LogP contribution in [-0.4, -0.2) is 79.8 Å². The number of hydrogen-bond donors (Lipinski definition) is 3. The van der Waals surface area contributed by atoms with Gasteiger partial charge >= 0.3 is 6.03 Å². The van der Waals surface area contributed by atoms with Crippen molar-refractivity contribution < 1.29 is 32.2 Å². The second-order valence-corrected chi connectivity index (χ2v) is 11.4. The quantitative estimate of drug-likeness (QED) is 0.499. The van der Waals surface area contributed by atoms with Crippen LogP contribution in [0, 0.1) is 11.7 Å². The van der Waals surface area contributed by atoms with Gasteiger partial charge in [-0.15, -0.1) is 0 Å². The van der Waals surface area contributed by atoms with E-state index in [-0.39, 0.29) is 37.9 Å². The molecule has 0 fully saturated rings. The fourth-order valence-electron chi connectivity index (χ4n) is 3.94. The van der Waals surface area contributed by atoms with Crippen molar-refractivity contribution in [2.24, 2.45) is 5.92 Å². The van der Waals surface area contributed by atoms with E-state index in [1.807, 2.05) is 6.92 Å². The Bertz CT molecular complexity index is 1220. The second-order valence-electron chi connectivity index (χ2n) is 9.34. The monoisotopic (exact) mass is 536 g/mol. The van der Waals surface area contributed by atoms with Crippen LogP contribution in [0.25, 0.3) is 0 Å². The first-order valence-electron chi connectivity index (χ1n) is 11.8. The molecule has 3 N–H and O–H groups in total. The van der Waals surface area contributed by atoms with E-state index in [2.05, 4.69) is 10.6 Å². The Kier molecular flexibility index (Phi) is 9.11. The van der Waals surface area contributed by atoms with Crippen LogP contribution in [0.1, 0.15) is 19.4 Å². The van der Waals surface area contributed by atoms with Crippen molar-refractivity contribution in [1.82, 2.24) is 9.21 Å². The molecular weight excluding hydrogens is 503 g/mol. The highest BCUT2D eigenvalue weighted by atomic mass is 32.2. The summed E-state index contributed by atoms with van der Waals surface area (Å²) in [7, 11) is -2.01. The lowest BCUT2D eigenvalue weighted by atomic mass is 10.0. The van der Waals surface area contributed by atoms with Gasteiger partial charge in [-0.2, -0.15) is 0 Å². The lowest BCUT2D eigenvalue weighted by Crippen LogP contribution is -2.48. The zero-order chi connectivity index (χ0) is 27.3. The van der Waals surface area contributed by atoms with Gasteiger partial charge in [-0.3, -0.25) is 4.79 Å². The van der Waals surface area contributed by atoms with E-state index >= 15 is 0 Å². The second kappa shape index (κ2) is 11.9. The van der Waals surface area contributed by atoms with Gasteiger partial charge in [-0.25, -0.2) is 21.9 Å². The van der Waals surface area contributed by atoms with Crippen molar-refractivity contribution in [1.29, 1.82) is 0 Å². The van der Waals surface area contributed by atoms with Gasteiger partial charge < -0.3 is 25.4 Å². The number of carbonyl (C=O) groups excluding carboxylic acids is 2. The van der Waals surface area contributed by atoms with Crippen molar-refractivity contribution in [2.45, 2.75) is 32.4 Å². The van der Waals surface area contributed by atoms with Crippen LogP contribution in [0.4, 0.5) is 20.6 Å². The zero-order valence-corrected chi connectivity index (χ0v) is 22.1. The van der Waals surface area contributed by atoms with Crippen LogP contribution in [0.15, 0.2) is 42.5 Å². The standard InChI is InChI=1S/C25H33FN4O6S/c1-16-13-30(17(2)15-31)24(32)12-18-11-21(28-25(33)27-20-7-5-19(26)6-8-20)9-10-22(18)36-23(16)14-29(3)37(4,34)35/h5-11,16-17,23,31H,12-15H2,1-4H3,(H2,27,28,33)/t16-,17+,23-/m1/s1. The SMILES string of the molecule is C[C@@H]1CN([C@@H](C)CO)C(=O)Cc2cc(NC(=O)Nc3ccc(F)cc3)ccc2O[C@@H]1CN(C)S(C)(=O)=O. The Morgan fingerprint density at radius 2 is 1.84 bits per heavy atom. The smallest absolute Gasteiger partial charge is 0.323 e. The number of aliphatic hydroxyl groups excluding tert-OH is 1. The average molecular weight is 537 g/mol. The minimum absolute atomic E-state index is 0.0455. The summed E-state index contributed by atoms with van der Waals surface area (Å²) in [4.78, 5) is 27.3.